The van der Waals surface area contributed by atoms with Gasteiger partial charge in [-0.15, -0.1) is 0 Å². The SMILES string of the molecule is CCCN(CCC)c1ccc2cc(-c3cccc(-c4cccc(-c5cccc(-c6ccc(-c7cc8cc9cc%10ccccc%10cc9cc8oc7=O)cc6)c5)c4)c3)c(=O)oc2c1. The van der Waals surface area contributed by atoms with E-state index in [0.29, 0.717) is 22.3 Å². The van der Waals surface area contributed by atoms with E-state index in [9.17, 15) is 9.59 Å². The Hall–Kier alpha value is -7.50. The van der Waals surface area contributed by atoms with Crippen molar-refractivity contribution in [3.8, 4) is 55.6 Å². The first-order valence-electron chi connectivity index (χ1n) is 21.1. The summed E-state index contributed by atoms with van der Waals surface area (Å²) in [6, 6.07) is 59.9. The number of rotatable bonds is 10. The Balaban J connectivity index is 0.909. The van der Waals surface area contributed by atoms with E-state index >= 15 is 0 Å². The van der Waals surface area contributed by atoms with E-state index in [0.717, 1.165) is 103 Å². The van der Waals surface area contributed by atoms with Crippen molar-refractivity contribution in [2.45, 2.75) is 26.7 Å². The number of fused-ring (bicyclic) bond motifs is 4. The molecule has 0 amide bonds. The van der Waals surface area contributed by atoms with Crippen molar-refractivity contribution in [1.29, 1.82) is 0 Å². The van der Waals surface area contributed by atoms with Crippen LogP contribution >= 0.6 is 0 Å². The van der Waals surface area contributed by atoms with Crippen LogP contribution in [0.3, 0.4) is 0 Å². The molecule has 0 spiro atoms. The van der Waals surface area contributed by atoms with Gasteiger partial charge in [0.1, 0.15) is 11.2 Å². The van der Waals surface area contributed by atoms with Crippen LogP contribution in [0, 0.1) is 0 Å². The highest BCUT2D eigenvalue weighted by Gasteiger charge is 2.14. The van der Waals surface area contributed by atoms with Crippen LogP contribution in [0.15, 0.2) is 194 Å². The number of anilines is 1. The minimum Gasteiger partial charge on any atom is -0.422 e. The molecule has 0 atom stereocenters. The summed E-state index contributed by atoms with van der Waals surface area (Å²) in [7, 11) is 0. The first-order chi connectivity index (χ1) is 29.9. The molecule has 0 N–H and O–H groups in total. The molecule has 10 rings (SSSR count). The maximum atomic E-state index is 13.4. The van der Waals surface area contributed by atoms with E-state index in [1.807, 2.05) is 60.7 Å². The van der Waals surface area contributed by atoms with Gasteiger partial charge >= 0.3 is 11.3 Å². The van der Waals surface area contributed by atoms with E-state index in [-0.39, 0.29) is 11.3 Å². The molecular formula is C56H43NO4. The van der Waals surface area contributed by atoms with Gasteiger partial charge in [0.25, 0.3) is 0 Å². The summed E-state index contributed by atoms with van der Waals surface area (Å²) >= 11 is 0. The fourth-order valence-corrected chi connectivity index (χ4v) is 8.63. The zero-order valence-corrected chi connectivity index (χ0v) is 34.2. The predicted octanol–water partition coefficient (Wildman–Crippen LogP) is 14.2. The molecule has 5 heteroatoms. The second-order valence-electron chi connectivity index (χ2n) is 15.9. The molecule has 2 aromatic heterocycles. The van der Waals surface area contributed by atoms with Crippen molar-refractivity contribution < 1.29 is 8.83 Å². The second kappa shape index (κ2) is 15.9. The maximum absolute atomic E-state index is 13.4. The highest BCUT2D eigenvalue weighted by atomic mass is 16.4. The van der Waals surface area contributed by atoms with Gasteiger partial charge in [-0.25, -0.2) is 9.59 Å². The Kier molecular flexibility index (Phi) is 9.86. The van der Waals surface area contributed by atoms with Crippen molar-refractivity contribution in [3.05, 3.63) is 197 Å². The summed E-state index contributed by atoms with van der Waals surface area (Å²) in [6.07, 6.45) is 2.10. The van der Waals surface area contributed by atoms with E-state index < -0.39 is 0 Å². The molecule has 0 bridgehead atoms. The number of benzene rings is 8. The Morgan fingerprint density at radius 1 is 0.361 bits per heavy atom. The van der Waals surface area contributed by atoms with E-state index in [4.69, 9.17) is 8.83 Å². The molecule has 0 aliphatic heterocycles. The Morgan fingerprint density at radius 2 is 0.820 bits per heavy atom. The lowest BCUT2D eigenvalue weighted by molar-refractivity contribution is 0.563. The molecule has 8 aromatic carbocycles. The average molecular weight is 794 g/mol. The quantitative estimate of drug-likeness (QED) is 0.102. The summed E-state index contributed by atoms with van der Waals surface area (Å²) in [5.41, 5.74) is 10.6. The molecular weight excluding hydrogens is 751 g/mol. The van der Waals surface area contributed by atoms with Crippen molar-refractivity contribution in [1.82, 2.24) is 0 Å². The Bertz CT molecular complexity index is 3390. The van der Waals surface area contributed by atoms with Crippen LogP contribution in [0.5, 0.6) is 0 Å². The summed E-state index contributed by atoms with van der Waals surface area (Å²) < 4.78 is 11.8. The van der Waals surface area contributed by atoms with Crippen molar-refractivity contribution >= 4 is 49.2 Å². The normalized spacial score (nSPS) is 11.5. The van der Waals surface area contributed by atoms with Gasteiger partial charge in [-0.2, -0.15) is 0 Å². The van der Waals surface area contributed by atoms with Crippen molar-refractivity contribution in [2.24, 2.45) is 0 Å². The zero-order valence-electron chi connectivity index (χ0n) is 34.2. The molecule has 5 nitrogen and oxygen atoms in total. The summed E-state index contributed by atoms with van der Waals surface area (Å²) in [4.78, 5) is 29.1. The van der Waals surface area contributed by atoms with Gasteiger partial charge in [-0.1, -0.05) is 117 Å². The molecule has 0 aliphatic rings. The fraction of sp³-hybridized carbons (Fsp3) is 0.107. The largest absolute Gasteiger partial charge is 0.422 e. The molecule has 61 heavy (non-hydrogen) atoms. The van der Waals surface area contributed by atoms with Crippen LogP contribution in [0.1, 0.15) is 26.7 Å². The monoisotopic (exact) mass is 793 g/mol. The average Bonchev–Trinajstić information content (AvgIpc) is 3.30. The molecule has 0 unspecified atom stereocenters. The summed E-state index contributed by atoms with van der Waals surface area (Å²) in [6.45, 7) is 6.28. The van der Waals surface area contributed by atoms with Gasteiger partial charge in [0.15, 0.2) is 0 Å². The van der Waals surface area contributed by atoms with Gasteiger partial charge < -0.3 is 13.7 Å². The smallest absolute Gasteiger partial charge is 0.344 e. The Morgan fingerprint density at radius 3 is 1.41 bits per heavy atom. The van der Waals surface area contributed by atoms with Crippen LogP contribution < -0.4 is 16.2 Å². The molecule has 0 radical (unpaired) electrons. The molecule has 296 valence electrons. The van der Waals surface area contributed by atoms with Gasteiger partial charge in [-0.05, 0) is 146 Å². The van der Waals surface area contributed by atoms with Crippen LogP contribution in [0.2, 0.25) is 0 Å². The molecule has 0 fully saturated rings. The van der Waals surface area contributed by atoms with Crippen LogP contribution in [0.25, 0.3) is 99.1 Å². The fourth-order valence-electron chi connectivity index (χ4n) is 8.63. The van der Waals surface area contributed by atoms with Gasteiger partial charge in [-0.3, -0.25) is 0 Å². The maximum Gasteiger partial charge on any atom is 0.344 e. The third-order valence-electron chi connectivity index (χ3n) is 11.7. The second-order valence-corrected chi connectivity index (χ2v) is 15.9. The minimum absolute atomic E-state index is 0.346. The molecule has 0 saturated carbocycles. The Labute approximate surface area is 353 Å². The van der Waals surface area contributed by atoms with Crippen LogP contribution in [0.4, 0.5) is 5.69 Å². The highest BCUT2D eigenvalue weighted by Crippen LogP contribution is 2.34. The van der Waals surface area contributed by atoms with Crippen molar-refractivity contribution in [2.75, 3.05) is 18.0 Å². The van der Waals surface area contributed by atoms with Gasteiger partial charge in [0, 0.05) is 35.6 Å². The topological polar surface area (TPSA) is 63.7 Å². The third kappa shape index (κ3) is 7.40. The lowest BCUT2D eigenvalue weighted by Crippen LogP contribution is -2.24. The van der Waals surface area contributed by atoms with E-state index in [1.54, 1.807) is 0 Å². The third-order valence-corrected chi connectivity index (χ3v) is 11.7. The lowest BCUT2D eigenvalue weighted by atomic mass is 9.94. The molecule has 2 heterocycles. The zero-order chi connectivity index (χ0) is 41.5. The highest BCUT2D eigenvalue weighted by molar-refractivity contribution is 6.04. The predicted molar refractivity (Wildman–Crippen MR) is 254 cm³/mol. The van der Waals surface area contributed by atoms with E-state index in [1.165, 1.54) is 5.39 Å². The lowest BCUT2D eigenvalue weighted by Gasteiger charge is -2.23. The van der Waals surface area contributed by atoms with Gasteiger partial charge in [0.2, 0.25) is 0 Å². The standard InChI is InChI=1S/C56H43NO4/c1-3-24-57(25-4-2)50-23-22-46-32-52(56(59)61-54(46)35-50)45-17-9-16-44(28-45)43-15-8-14-42(27-43)41-13-7-12-38(26-41)36-18-20-37(21-19-36)51-33-49-31-47-29-39-10-5-6-11-40(39)30-48(47)34-53(49)60-55(51)58/h5-23,26-35H,3-4,24-25H2,1-2H3. The number of hydrogen-bond acceptors (Lipinski definition) is 5. The van der Waals surface area contributed by atoms with Crippen LogP contribution in [-0.2, 0) is 0 Å². The minimum atomic E-state index is -0.358. The number of hydrogen-bond donors (Lipinski definition) is 0. The summed E-state index contributed by atoms with van der Waals surface area (Å²) in [5, 5.41) is 6.25. The first-order valence-corrected chi connectivity index (χ1v) is 21.1. The molecule has 0 aliphatic carbocycles. The van der Waals surface area contributed by atoms with Gasteiger partial charge in [0.05, 0.1) is 11.1 Å². The summed E-state index contributed by atoms with van der Waals surface area (Å²) in [5.74, 6) is 0. The molecule has 10 aromatic rings. The first kappa shape index (κ1) is 37.7. The van der Waals surface area contributed by atoms with E-state index in [2.05, 4.69) is 134 Å². The number of nitrogens with zero attached hydrogens (tertiary/aromatic N) is 1. The van der Waals surface area contributed by atoms with Crippen molar-refractivity contribution in [3.63, 3.8) is 0 Å². The van der Waals surface area contributed by atoms with Crippen LogP contribution in [-0.4, -0.2) is 13.1 Å². The molecule has 0 saturated heterocycles.